The molecule has 0 spiro atoms. The fourth-order valence-electron chi connectivity index (χ4n) is 3.42. The fourth-order valence-corrected chi connectivity index (χ4v) is 3.74. The lowest BCUT2D eigenvalue weighted by molar-refractivity contribution is -0.335. The van der Waals surface area contributed by atoms with E-state index >= 15 is 0 Å². The lowest BCUT2D eigenvalue weighted by Crippen LogP contribution is -2.61. The van der Waals surface area contributed by atoms with Gasteiger partial charge in [0, 0.05) is 5.56 Å². The summed E-state index contributed by atoms with van der Waals surface area (Å²) in [5.74, 6) is 0. The largest absolute Gasteiger partial charge is 0.469 e. The van der Waals surface area contributed by atoms with Crippen molar-refractivity contribution in [3.8, 4) is 0 Å². The normalized spacial score (nSPS) is 39.1. The van der Waals surface area contributed by atoms with Gasteiger partial charge in [0.2, 0.25) is 4.38 Å². The highest BCUT2D eigenvalue weighted by Crippen LogP contribution is 2.40. The van der Waals surface area contributed by atoms with Crippen molar-refractivity contribution in [2.45, 2.75) is 56.6 Å². The Morgan fingerprint density at radius 1 is 1.15 bits per heavy atom. The van der Waals surface area contributed by atoms with Crippen LogP contribution in [0.1, 0.15) is 25.2 Å². The van der Waals surface area contributed by atoms with E-state index < -0.39 is 18.7 Å². The maximum absolute atomic E-state index is 6.23. The van der Waals surface area contributed by atoms with Gasteiger partial charge in [0.15, 0.2) is 31.1 Å². The van der Waals surface area contributed by atoms with E-state index in [1.165, 1.54) is 11.8 Å². The number of ether oxygens (including phenoxy) is 6. The first-order chi connectivity index (χ1) is 12.7. The fraction of sp³-hybridized carbons (Fsp3) is 0.611. The van der Waals surface area contributed by atoms with E-state index in [1.54, 1.807) is 0 Å². The maximum atomic E-state index is 6.23. The van der Waals surface area contributed by atoms with Crippen molar-refractivity contribution in [1.29, 1.82) is 0 Å². The van der Waals surface area contributed by atoms with E-state index in [-0.39, 0.29) is 24.6 Å². The van der Waals surface area contributed by atoms with Crippen LogP contribution in [-0.4, -0.2) is 54.2 Å². The van der Waals surface area contributed by atoms with Gasteiger partial charge in [0.05, 0.1) is 6.61 Å². The van der Waals surface area contributed by atoms with Gasteiger partial charge in [-0.3, -0.25) is 0 Å². The van der Waals surface area contributed by atoms with Crippen LogP contribution >= 0.6 is 24.0 Å². The van der Waals surface area contributed by atoms with Gasteiger partial charge in [0.25, 0.3) is 0 Å². The summed E-state index contributed by atoms with van der Waals surface area (Å²) in [6, 6.07) is 9.82. The van der Waals surface area contributed by atoms with Crippen LogP contribution < -0.4 is 0 Å². The van der Waals surface area contributed by atoms with Gasteiger partial charge in [-0.2, -0.15) is 0 Å². The predicted molar refractivity (Wildman–Crippen MR) is 99.7 cm³/mol. The molecule has 2 unspecified atom stereocenters. The molecule has 0 aliphatic carbocycles. The minimum atomic E-state index is -0.503. The molecule has 142 valence electrons. The molecule has 26 heavy (non-hydrogen) atoms. The summed E-state index contributed by atoms with van der Waals surface area (Å²) in [5, 5.41) is 0. The molecule has 0 radical (unpaired) electrons. The minimum Gasteiger partial charge on any atom is -0.469 e. The summed E-state index contributed by atoms with van der Waals surface area (Å²) in [5.41, 5.74) is 0.953. The Hall–Kier alpha value is -0.740. The van der Waals surface area contributed by atoms with E-state index in [9.17, 15) is 0 Å². The number of rotatable bonds is 3. The third kappa shape index (κ3) is 3.64. The Bertz CT molecular complexity index is 629. The molecule has 6 nitrogen and oxygen atoms in total. The maximum Gasteiger partial charge on any atom is 0.220 e. The van der Waals surface area contributed by atoms with E-state index in [2.05, 4.69) is 0 Å². The van der Waals surface area contributed by atoms with E-state index in [1.807, 2.05) is 43.5 Å². The molecule has 1 aromatic carbocycles. The zero-order valence-corrected chi connectivity index (χ0v) is 16.2. The first-order valence-corrected chi connectivity index (χ1v) is 10.4. The molecule has 0 N–H and O–H groups in total. The molecule has 8 heteroatoms. The van der Waals surface area contributed by atoms with Crippen molar-refractivity contribution >= 4 is 28.4 Å². The van der Waals surface area contributed by atoms with Crippen molar-refractivity contribution in [2.24, 2.45) is 0 Å². The Morgan fingerprint density at radius 3 is 2.69 bits per heavy atom. The highest BCUT2D eigenvalue weighted by Gasteiger charge is 2.56. The second kappa shape index (κ2) is 8.10. The number of benzene rings is 1. The summed E-state index contributed by atoms with van der Waals surface area (Å²) in [6.45, 7) is 2.39. The third-order valence-electron chi connectivity index (χ3n) is 4.68. The molecule has 0 aromatic heterocycles. The molecule has 3 fully saturated rings. The molecule has 1 aromatic rings. The second-order valence-corrected chi connectivity index (χ2v) is 7.74. The first-order valence-electron chi connectivity index (χ1n) is 8.72. The summed E-state index contributed by atoms with van der Waals surface area (Å²) >= 11 is 6.67. The summed E-state index contributed by atoms with van der Waals surface area (Å²) < 4.78 is 36.5. The zero-order chi connectivity index (χ0) is 18.1. The number of hydrogen-bond donors (Lipinski definition) is 0. The SMILES string of the molecule is CCC1O[C@H]2O[C@@H]3COC(c4ccccc4)O[C@@H]3[C@H](OC(=S)SC)[C@H]2O1. The molecular weight excluding hydrogens is 376 g/mol. The van der Waals surface area contributed by atoms with Crippen LogP contribution in [0.5, 0.6) is 0 Å². The van der Waals surface area contributed by atoms with E-state index in [4.69, 9.17) is 40.6 Å². The summed E-state index contributed by atoms with van der Waals surface area (Å²) in [6.07, 6.45) is -0.141. The standard InChI is InChI=1S/C18H22O6S2/c1-3-12-21-15-14(24-18(25)26-2)13-11(20-17(15)22-12)9-19-16(23-13)10-7-5-4-6-8-10/h4-8,11-17H,3,9H2,1-2H3/t11-,12?,13+,14+,15-,16?,17-/m1/s1. The summed E-state index contributed by atoms with van der Waals surface area (Å²) in [4.78, 5) is 0. The van der Waals surface area contributed by atoms with E-state index in [0.717, 1.165) is 12.0 Å². The molecule has 3 aliphatic rings. The third-order valence-corrected chi connectivity index (χ3v) is 5.71. The Morgan fingerprint density at radius 2 is 1.96 bits per heavy atom. The number of hydrogen-bond acceptors (Lipinski definition) is 8. The monoisotopic (exact) mass is 398 g/mol. The van der Waals surface area contributed by atoms with Crippen molar-refractivity contribution in [2.75, 3.05) is 12.9 Å². The molecule has 3 aliphatic heterocycles. The van der Waals surface area contributed by atoms with Crippen LogP contribution in [0.4, 0.5) is 0 Å². The predicted octanol–water partition coefficient (Wildman–Crippen LogP) is 3.01. The molecule has 0 bridgehead atoms. The average molecular weight is 399 g/mol. The number of thiocarbonyl (C=S) groups is 1. The van der Waals surface area contributed by atoms with Crippen molar-refractivity contribution < 1.29 is 28.4 Å². The molecule has 3 saturated heterocycles. The van der Waals surface area contributed by atoms with Gasteiger partial charge >= 0.3 is 0 Å². The molecule has 4 rings (SSSR count). The average Bonchev–Trinajstić information content (AvgIpc) is 3.11. The van der Waals surface area contributed by atoms with Gasteiger partial charge in [0.1, 0.15) is 12.2 Å². The van der Waals surface area contributed by atoms with Gasteiger partial charge in [-0.05, 0) is 24.9 Å². The number of fused-ring (bicyclic) bond motifs is 2. The highest BCUT2D eigenvalue weighted by molar-refractivity contribution is 8.22. The molecule has 7 atom stereocenters. The molecule has 0 saturated carbocycles. The van der Waals surface area contributed by atoms with Gasteiger partial charge < -0.3 is 28.4 Å². The lowest BCUT2D eigenvalue weighted by atomic mass is 9.97. The van der Waals surface area contributed by atoms with Crippen LogP contribution in [0.25, 0.3) is 0 Å². The van der Waals surface area contributed by atoms with Gasteiger partial charge in [-0.25, -0.2) is 0 Å². The Balaban J connectivity index is 1.56. The summed E-state index contributed by atoms with van der Waals surface area (Å²) in [7, 11) is 0. The van der Waals surface area contributed by atoms with Gasteiger partial charge in [-0.15, -0.1) is 0 Å². The Labute approximate surface area is 162 Å². The quantitative estimate of drug-likeness (QED) is 0.721. The van der Waals surface area contributed by atoms with E-state index in [0.29, 0.717) is 11.0 Å². The topological polar surface area (TPSA) is 55.4 Å². The van der Waals surface area contributed by atoms with Crippen molar-refractivity contribution in [1.82, 2.24) is 0 Å². The second-order valence-electron chi connectivity index (χ2n) is 6.33. The molecule has 3 heterocycles. The minimum absolute atomic E-state index is 0.301. The zero-order valence-electron chi connectivity index (χ0n) is 14.6. The molecule has 0 amide bonds. The Kier molecular flexibility index (Phi) is 5.80. The smallest absolute Gasteiger partial charge is 0.220 e. The van der Waals surface area contributed by atoms with Crippen LogP contribution in [0.2, 0.25) is 0 Å². The van der Waals surface area contributed by atoms with Crippen LogP contribution in [-0.2, 0) is 28.4 Å². The van der Waals surface area contributed by atoms with Crippen molar-refractivity contribution in [3.05, 3.63) is 35.9 Å². The van der Waals surface area contributed by atoms with Crippen molar-refractivity contribution in [3.63, 3.8) is 0 Å². The van der Waals surface area contributed by atoms with Crippen LogP contribution in [0.3, 0.4) is 0 Å². The highest BCUT2D eigenvalue weighted by atomic mass is 32.2. The molecular formula is C18H22O6S2. The van der Waals surface area contributed by atoms with Gasteiger partial charge in [-0.1, -0.05) is 49.0 Å². The lowest BCUT2D eigenvalue weighted by Gasteiger charge is -2.46. The number of thioether (sulfide) groups is 1. The van der Waals surface area contributed by atoms with Crippen LogP contribution in [0.15, 0.2) is 30.3 Å². The van der Waals surface area contributed by atoms with Crippen LogP contribution in [0, 0.1) is 0 Å². The first kappa shape index (κ1) is 18.6.